The van der Waals surface area contributed by atoms with Crippen molar-refractivity contribution in [2.45, 2.75) is 18.3 Å². The zero-order chi connectivity index (χ0) is 14.7. The predicted octanol–water partition coefficient (Wildman–Crippen LogP) is 3.49. The first-order valence-corrected chi connectivity index (χ1v) is 7.34. The summed E-state index contributed by atoms with van der Waals surface area (Å²) in [7, 11) is 1.99. The molecule has 1 N–H and O–H groups in total. The summed E-state index contributed by atoms with van der Waals surface area (Å²) in [6.07, 6.45) is 2.02. The van der Waals surface area contributed by atoms with E-state index in [0.717, 1.165) is 25.2 Å². The van der Waals surface area contributed by atoms with Gasteiger partial charge in [-0.3, -0.25) is 0 Å². The van der Waals surface area contributed by atoms with E-state index < -0.39 is 0 Å². The van der Waals surface area contributed by atoms with Crippen molar-refractivity contribution in [3.05, 3.63) is 71.8 Å². The number of likely N-dealkylation sites (tertiary alicyclic amines) is 1. The van der Waals surface area contributed by atoms with Crippen LogP contribution in [0.3, 0.4) is 0 Å². The molecule has 0 atom stereocenters. The van der Waals surface area contributed by atoms with Gasteiger partial charge in [-0.2, -0.15) is 0 Å². The largest absolute Gasteiger partial charge is 0.409 e. The van der Waals surface area contributed by atoms with Crippen molar-refractivity contribution in [1.82, 2.24) is 4.90 Å². The number of hydrogen-bond acceptors (Lipinski definition) is 2. The lowest BCUT2D eigenvalue weighted by molar-refractivity contribution is 0.280. The first-order valence-electron chi connectivity index (χ1n) is 7.34. The Morgan fingerprint density at radius 3 is 1.95 bits per heavy atom. The van der Waals surface area contributed by atoms with Crippen molar-refractivity contribution < 1.29 is 5.21 Å². The fourth-order valence-electron chi connectivity index (χ4n) is 3.45. The van der Waals surface area contributed by atoms with E-state index in [1.807, 2.05) is 43.4 Å². The molecule has 0 radical (unpaired) electrons. The van der Waals surface area contributed by atoms with Gasteiger partial charge in [-0.1, -0.05) is 65.8 Å². The van der Waals surface area contributed by atoms with Gasteiger partial charge in [0.15, 0.2) is 5.84 Å². The third kappa shape index (κ3) is 2.19. The van der Waals surface area contributed by atoms with E-state index in [4.69, 9.17) is 0 Å². The molecule has 3 nitrogen and oxygen atoms in total. The minimum Gasteiger partial charge on any atom is -0.409 e. The maximum Gasteiger partial charge on any atom is 0.159 e. The van der Waals surface area contributed by atoms with Gasteiger partial charge in [-0.05, 0) is 24.0 Å². The van der Waals surface area contributed by atoms with E-state index in [-0.39, 0.29) is 5.41 Å². The highest BCUT2D eigenvalue weighted by Crippen LogP contribution is 2.41. The Labute approximate surface area is 125 Å². The summed E-state index contributed by atoms with van der Waals surface area (Å²) in [6.45, 7) is 0.917. The second-order valence-electron chi connectivity index (χ2n) is 5.59. The van der Waals surface area contributed by atoms with Crippen LogP contribution in [0.1, 0.15) is 24.0 Å². The molecule has 0 bridgehead atoms. The molecule has 2 aromatic carbocycles. The van der Waals surface area contributed by atoms with Crippen LogP contribution < -0.4 is 0 Å². The summed E-state index contributed by atoms with van der Waals surface area (Å²) in [4.78, 5) is 2.06. The molecule has 1 aliphatic rings. The summed E-state index contributed by atoms with van der Waals surface area (Å²) in [5.74, 6) is 0.728. The van der Waals surface area contributed by atoms with Crippen LogP contribution in [0.15, 0.2) is 65.8 Å². The number of hydrogen-bond donors (Lipinski definition) is 1. The van der Waals surface area contributed by atoms with Crippen molar-refractivity contribution in [2.24, 2.45) is 5.16 Å². The molecule has 0 aromatic heterocycles. The topological polar surface area (TPSA) is 35.8 Å². The average molecular weight is 280 g/mol. The molecule has 1 fully saturated rings. The van der Waals surface area contributed by atoms with E-state index in [0.29, 0.717) is 0 Å². The highest BCUT2D eigenvalue weighted by Gasteiger charge is 2.44. The average Bonchev–Trinajstić information content (AvgIpc) is 2.56. The van der Waals surface area contributed by atoms with E-state index >= 15 is 0 Å². The summed E-state index contributed by atoms with van der Waals surface area (Å²) in [6, 6.07) is 20.7. The van der Waals surface area contributed by atoms with Crippen molar-refractivity contribution in [1.29, 1.82) is 0 Å². The SMILES string of the molecule is CN1CCCC(c2ccccc2)(c2ccccc2)C1=NO. The molecule has 1 heterocycles. The van der Waals surface area contributed by atoms with E-state index in [9.17, 15) is 5.21 Å². The van der Waals surface area contributed by atoms with Crippen molar-refractivity contribution in [3.63, 3.8) is 0 Å². The van der Waals surface area contributed by atoms with Gasteiger partial charge in [-0.25, -0.2) is 0 Å². The van der Waals surface area contributed by atoms with Gasteiger partial charge in [-0.15, -0.1) is 0 Å². The van der Waals surface area contributed by atoms with E-state index in [1.165, 1.54) is 11.1 Å². The standard InChI is InChI=1S/C18H20N2O/c1-20-14-8-13-18(17(20)19-21,15-9-4-2-5-10-15)16-11-6-3-7-12-16/h2-7,9-12,21H,8,13-14H2,1H3. The highest BCUT2D eigenvalue weighted by atomic mass is 16.4. The van der Waals surface area contributed by atoms with Gasteiger partial charge in [0.2, 0.25) is 0 Å². The Morgan fingerprint density at radius 2 is 1.48 bits per heavy atom. The third-order valence-corrected chi connectivity index (χ3v) is 4.42. The molecule has 108 valence electrons. The van der Waals surface area contributed by atoms with Gasteiger partial charge in [0.1, 0.15) is 0 Å². The maximum absolute atomic E-state index is 9.67. The molecule has 3 rings (SSSR count). The first kappa shape index (κ1) is 13.7. The van der Waals surface area contributed by atoms with Gasteiger partial charge >= 0.3 is 0 Å². The van der Waals surface area contributed by atoms with Crippen LogP contribution in [0, 0.1) is 0 Å². The van der Waals surface area contributed by atoms with Crippen LogP contribution in [0.5, 0.6) is 0 Å². The van der Waals surface area contributed by atoms with Crippen molar-refractivity contribution in [2.75, 3.05) is 13.6 Å². The molecule has 0 unspecified atom stereocenters. The lowest BCUT2D eigenvalue weighted by Crippen LogP contribution is -2.50. The summed E-state index contributed by atoms with van der Waals surface area (Å²) in [5.41, 5.74) is 1.98. The number of oxime groups is 1. The Balaban J connectivity index is 2.25. The van der Waals surface area contributed by atoms with Crippen LogP contribution in [0.25, 0.3) is 0 Å². The normalized spacial score (nSPS) is 19.7. The van der Waals surface area contributed by atoms with Gasteiger partial charge in [0, 0.05) is 13.6 Å². The maximum atomic E-state index is 9.67. The second kappa shape index (κ2) is 5.60. The lowest BCUT2D eigenvalue weighted by Gasteiger charge is -2.43. The molecule has 0 saturated carbocycles. The van der Waals surface area contributed by atoms with Crippen LogP contribution in [-0.4, -0.2) is 29.5 Å². The fraction of sp³-hybridized carbons (Fsp3) is 0.278. The summed E-state index contributed by atoms with van der Waals surface area (Å²) >= 11 is 0. The Bertz CT molecular complexity index is 583. The van der Waals surface area contributed by atoms with Crippen LogP contribution in [0.4, 0.5) is 0 Å². The molecule has 1 saturated heterocycles. The second-order valence-corrected chi connectivity index (χ2v) is 5.59. The molecule has 0 aliphatic carbocycles. The van der Waals surface area contributed by atoms with Gasteiger partial charge in [0.05, 0.1) is 5.41 Å². The number of piperidine rings is 1. The first-order chi connectivity index (χ1) is 10.3. The predicted molar refractivity (Wildman–Crippen MR) is 84.7 cm³/mol. The number of nitrogens with zero attached hydrogens (tertiary/aromatic N) is 2. The fourth-order valence-corrected chi connectivity index (χ4v) is 3.45. The number of rotatable bonds is 2. The van der Waals surface area contributed by atoms with Crippen LogP contribution in [-0.2, 0) is 5.41 Å². The lowest BCUT2D eigenvalue weighted by atomic mass is 9.68. The molecule has 3 heteroatoms. The molecular weight excluding hydrogens is 260 g/mol. The zero-order valence-electron chi connectivity index (χ0n) is 12.2. The molecule has 2 aromatic rings. The number of amidine groups is 1. The monoisotopic (exact) mass is 280 g/mol. The molecule has 21 heavy (non-hydrogen) atoms. The van der Waals surface area contributed by atoms with Crippen molar-refractivity contribution in [3.8, 4) is 0 Å². The smallest absolute Gasteiger partial charge is 0.159 e. The molecule has 0 amide bonds. The molecule has 0 spiro atoms. The Morgan fingerprint density at radius 1 is 0.952 bits per heavy atom. The van der Waals surface area contributed by atoms with Gasteiger partial charge in [0.25, 0.3) is 0 Å². The minimum absolute atomic E-state index is 0.371. The quantitative estimate of drug-likeness (QED) is 0.675. The van der Waals surface area contributed by atoms with E-state index in [1.54, 1.807) is 0 Å². The Hall–Kier alpha value is -2.29. The number of likely N-dealkylation sites (N-methyl/N-ethyl adjacent to an activating group) is 1. The van der Waals surface area contributed by atoms with Crippen LogP contribution >= 0.6 is 0 Å². The highest BCUT2D eigenvalue weighted by molar-refractivity contribution is 5.96. The van der Waals surface area contributed by atoms with Gasteiger partial charge < -0.3 is 10.1 Å². The molecule has 1 aliphatic heterocycles. The number of benzene rings is 2. The third-order valence-electron chi connectivity index (χ3n) is 4.42. The van der Waals surface area contributed by atoms with Crippen molar-refractivity contribution >= 4 is 5.84 Å². The molecular formula is C18H20N2O. The zero-order valence-corrected chi connectivity index (χ0v) is 12.2. The minimum atomic E-state index is -0.371. The summed E-state index contributed by atoms with van der Waals surface area (Å²) in [5, 5.41) is 13.3. The summed E-state index contributed by atoms with van der Waals surface area (Å²) < 4.78 is 0. The van der Waals surface area contributed by atoms with E-state index in [2.05, 4.69) is 34.3 Å². The van der Waals surface area contributed by atoms with Crippen LogP contribution in [0.2, 0.25) is 0 Å². The Kier molecular flexibility index (Phi) is 3.65.